The monoisotopic (exact) mass is 497 g/mol. The zero-order chi connectivity index (χ0) is 26.2. The van der Waals surface area contributed by atoms with Crippen LogP contribution in [0, 0.1) is 11.3 Å². The minimum absolute atomic E-state index is 0.00649. The molecular formula is C24H18F3N5O4. The highest BCUT2D eigenvalue weighted by atomic mass is 19.4. The predicted molar refractivity (Wildman–Crippen MR) is 119 cm³/mol. The molecule has 1 N–H and O–H groups in total. The molecule has 1 atom stereocenters. The molecule has 36 heavy (non-hydrogen) atoms. The third-order valence-electron chi connectivity index (χ3n) is 5.53. The lowest BCUT2D eigenvalue weighted by Gasteiger charge is -2.35. The van der Waals surface area contributed by atoms with Gasteiger partial charge in [0.15, 0.2) is 0 Å². The first kappa shape index (κ1) is 24.5. The summed E-state index contributed by atoms with van der Waals surface area (Å²) in [5.41, 5.74) is 0.0660. The van der Waals surface area contributed by atoms with Crippen LogP contribution in [0.15, 0.2) is 59.8 Å². The number of carbonyl (C=O) groups is 2. The Balaban J connectivity index is 2.01. The SMILES string of the molecule is CCOC(=O)C1=C(C)N(c2cccc(C(F)(F)F)c2)c2nc(C(=O)O)nn2C1c1ccc(C#N)cc1. The third kappa shape index (κ3) is 4.26. The van der Waals surface area contributed by atoms with Crippen LogP contribution in [-0.4, -0.2) is 38.4 Å². The molecule has 1 unspecified atom stereocenters. The zero-order valence-corrected chi connectivity index (χ0v) is 18.9. The molecule has 184 valence electrons. The smallest absolute Gasteiger partial charge is 0.416 e. The molecular weight excluding hydrogens is 479 g/mol. The first-order valence-electron chi connectivity index (χ1n) is 10.6. The summed E-state index contributed by atoms with van der Waals surface area (Å²) >= 11 is 0. The first-order chi connectivity index (χ1) is 17.1. The maximum absolute atomic E-state index is 13.5. The molecule has 12 heteroatoms. The number of nitrogens with zero attached hydrogens (tertiary/aromatic N) is 5. The van der Waals surface area contributed by atoms with Crippen molar-refractivity contribution in [2.75, 3.05) is 11.5 Å². The Morgan fingerprint density at radius 1 is 1.19 bits per heavy atom. The number of ether oxygens (including phenoxy) is 1. The van der Waals surface area contributed by atoms with E-state index in [1.165, 1.54) is 36.1 Å². The quantitative estimate of drug-likeness (QED) is 0.514. The van der Waals surface area contributed by atoms with Gasteiger partial charge in [-0.05, 0) is 49.7 Å². The van der Waals surface area contributed by atoms with Crippen LogP contribution in [0.5, 0.6) is 0 Å². The Labute approximate surface area is 202 Å². The topological polar surface area (TPSA) is 121 Å². The van der Waals surface area contributed by atoms with E-state index in [0.717, 1.165) is 16.8 Å². The maximum Gasteiger partial charge on any atom is 0.416 e. The summed E-state index contributed by atoms with van der Waals surface area (Å²) in [5, 5.41) is 22.7. The molecule has 0 amide bonds. The standard InChI is InChI=1S/C24H18F3N5O4/c1-3-36-22(35)18-13(2)31(17-6-4-5-16(11-17)24(25,26)27)23-29-20(21(33)34)30-32(23)19(18)15-9-7-14(12-28)8-10-15/h4-11,19H,3H2,1-2H3,(H,33,34). The molecule has 1 aliphatic rings. The van der Waals surface area contributed by atoms with Crippen molar-refractivity contribution in [1.82, 2.24) is 14.8 Å². The van der Waals surface area contributed by atoms with E-state index in [1.54, 1.807) is 19.1 Å². The number of anilines is 2. The highest BCUT2D eigenvalue weighted by Gasteiger charge is 2.40. The number of carboxylic acids is 1. The number of esters is 1. The molecule has 0 radical (unpaired) electrons. The van der Waals surface area contributed by atoms with Gasteiger partial charge in [-0.15, -0.1) is 5.10 Å². The second kappa shape index (κ2) is 9.18. The lowest BCUT2D eigenvalue weighted by molar-refractivity contribution is -0.139. The number of benzene rings is 2. The Bertz CT molecular complexity index is 1420. The number of halogens is 3. The number of fused-ring (bicyclic) bond motifs is 1. The van der Waals surface area contributed by atoms with Gasteiger partial charge in [-0.1, -0.05) is 18.2 Å². The maximum atomic E-state index is 13.5. The summed E-state index contributed by atoms with van der Waals surface area (Å²) in [5.74, 6) is -2.95. The fourth-order valence-electron chi connectivity index (χ4n) is 3.97. The number of hydrogen-bond donors (Lipinski definition) is 1. The van der Waals surface area contributed by atoms with E-state index in [4.69, 9.17) is 10.00 Å². The molecule has 0 aliphatic carbocycles. The van der Waals surface area contributed by atoms with Crippen molar-refractivity contribution >= 4 is 23.6 Å². The average molecular weight is 497 g/mol. The summed E-state index contributed by atoms with van der Waals surface area (Å²) in [4.78, 5) is 30.2. The molecule has 0 fully saturated rings. The van der Waals surface area contributed by atoms with Gasteiger partial charge in [0.2, 0.25) is 5.95 Å². The number of rotatable bonds is 5. The average Bonchev–Trinajstić information content (AvgIpc) is 3.28. The molecule has 0 bridgehead atoms. The van der Waals surface area contributed by atoms with Crippen molar-refractivity contribution in [2.24, 2.45) is 0 Å². The first-order valence-corrected chi connectivity index (χ1v) is 10.6. The summed E-state index contributed by atoms with van der Waals surface area (Å²) < 4.78 is 46.8. The normalized spacial score (nSPS) is 15.3. The molecule has 2 aromatic carbocycles. The molecule has 1 aromatic heterocycles. The molecule has 0 saturated heterocycles. The number of alkyl halides is 3. The summed E-state index contributed by atoms with van der Waals surface area (Å²) in [6.45, 7) is 3.12. The van der Waals surface area contributed by atoms with Crippen LogP contribution < -0.4 is 4.90 Å². The molecule has 3 aromatic rings. The fourth-order valence-corrected chi connectivity index (χ4v) is 3.97. The molecule has 4 rings (SSSR count). The Morgan fingerprint density at radius 2 is 1.89 bits per heavy atom. The van der Waals surface area contributed by atoms with Crippen LogP contribution in [0.1, 0.15) is 47.2 Å². The number of allylic oxidation sites excluding steroid dienone is 1. The number of nitriles is 1. The van der Waals surface area contributed by atoms with Gasteiger partial charge in [-0.25, -0.2) is 14.3 Å². The van der Waals surface area contributed by atoms with E-state index >= 15 is 0 Å². The lowest BCUT2D eigenvalue weighted by atomic mass is 9.94. The third-order valence-corrected chi connectivity index (χ3v) is 5.53. The van der Waals surface area contributed by atoms with E-state index in [0.29, 0.717) is 11.1 Å². The molecule has 1 aliphatic heterocycles. The van der Waals surface area contributed by atoms with Crippen molar-refractivity contribution in [3.8, 4) is 6.07 Å². The second-order valence-electron chi connectivity index (χ2n) is 7.72. The van der Waals surface area contributed by atoms with Gasteiger partial charge in [0.25, 0.3) is 5.82 Å². The fraction of sp³-hybridized carbons (Fsp3) is 0.208. The van der Waals surface area contributed by atoms with E-state index in [2.05, 4.69) is 10.1 Å². The predicted octanol–water partition coefficient (Wildman–Crippen LogP) is 4.44. The minimum atomic E-state index is -4.64. The minimum Gasteiger partial charge on any atom is -0.475 e. The number of carboxylic acid groups (broad SMARTS) is 1. The highest BCUT2D eigenvalue weighted by molar-refractivity contribution is 5.94. The largest absolute Gasteiger partial charge is 0.475 e. The van der Waals surface area contributed by atoms with Crippen molar-refractivity contribution in [2.45, 2.75) is 26.1 Å². The Kier molecular flexibility index (Phi) is 6.24. The van der Waals surface area contributed by atoms with Crippen LogP contribution in [0.2, 0.25) is 0 Å². The van der Waals surface area contributed by atoms with Gasteiger partial charge in [0.05, 0.1) is 29.4 Å². The molecule has 0 saturated carbocycles. The lowest BCUT2D eigenvalue weighted by Crippen LogP contribution is -2.34. The number of aromatic nitrogens is 3. The van der Waals surface area contributed by atoms with Crippen molar-refractivity contribution in [3.63, 3.8) is 0 Å². The van der Waals surface area contributed by atoms with Crippen LogP contribution in [0.3, 0.4) is 0 Å². The van der Waals surface area contributed by atoms with Gasteiger partial charge in [0, 0.05) is 11.4 Å². The molecule has 9 nitrogen and oxygen atoms in total. The number of aromatic carboxylic acids is 1. The summed E-state index contributed by atoms with van der Waals surface area (Å²) in [6.07, 6.45) is -4.64. The van der Waals surface area contributed by atoms with Crippen molar-refractivity contribution < 1.29 is 32.6 Å². The van der Waals surface area contributed by atoms with Gasteiger partial charge in [-0.2, -0.15) is 23.4 Å². The Morgan fingerprint density at radius 3 is 2.47 bits per heavy atom. The molecule has 0 spiro atoms. The van der Waals surface area contributed by atoms with Crippen LogP contribution in [0.4, 0.5) is 24.8 Å². The van der Waals surface area contributed by atoms with E-state index in [-0.39, 0.29) is 29.5 Å². The van der Waals surface area contributed by atoms with E-state index < -0.39 is 35.5 Å². The van der Waals surface area contributed by atoms with Crippen LogP contribution in [0.25, 0.3) is 0 Å². The number of hydrogen-bond acceptors (Lipinski definition) is 7. The van der Waals surface area contributed by atoms with Gasteiger partial charge >= 0.3 is 18.1 Å². The van der Waals surface area contributed by atoms with Crippen molar-refractivity contribution in [3.05, 3.63) is 82.3 Å². The second-order valence-corrected chi connectivity index (χ2v) is 7.72. The number of carbonyl (C=O) groups excluding carboxylic acids is 1. The summed E-state index contributed by atoms with van der Waals surface area (Å²) in [7, 11) is 0. The Hall–Kier alpha value is -4.66. The highest BCUT2D eigenvalue weighted by Crippen LogP contribution is 2.43. The van der Waals surface area contributed by atoms with Gasteiger partial charge in [0.1, 0.15) is 6.04 Å². The zero-order valence-electron chi connectivity index (χ0n) is 18.9. The van der Waals surface area contributed by atoms with Crippen LogP contribution >= 0.6 is 0 Å². The summed E-state index contributed by atoms with van der Waals surface area (Å²) in [6, 6.07) is 11.5. The van der Waals surface area contributed by atoms with Gasteiger partial charge in [-0.3, -0.25) is 4.90 Å². The molecule has 2 heterocycles. The van der Waals surface area contributed by atoms with E-state index in [1.807, 2.05) is 6.07 Å². The van der Waals surface area contributed by atoms with Crippen LogP contribution in [-0.2, 0) is 15.7 Å². The van der Waals surface area contributed by atoms with Gasteiger partial charge < -0.3 is 9.84 Å². The van der Waals surface area contributed by atoms with Crippen molar-refractivity contribution in [1.29, 1.82) is 5.26 Å². The van der Waals surface area contributed by atoms with E-state index in [9.17, 15) is 27.9 Å².